The van der Waals surface area contributed by atoms with Gasteiger partial charge in [-0.25, -0.2) is 0 Å². The number of hydrogen-bond acceptors (Lipinski definition) is 3. The molecule has 0 unspecified atom stereocenters. The van der Waals surface area contributed by atoms with Crippen LogP contribution >= 0.6 is 0 Å². The second-order valence-corrected chi connectivity index (χ2v) is 5.82. The summed E-state index contributed by atoms with van der Waals surface area (Å²) in [4.78, 5) is 14.7. The van der Waals surface area contributed by atoms with Gasteiger partial charge in [-0.2, -0.15) is 0 Å². The zero-order valence-electron chi connectivity index (χ0n) is 13.2. The van der Waals surface area contributed by atoms with Gasteiger partial charge in [0.15, 0.2) is 0 Å². The Kier molecular flexibility index (Phi) is 5.62. The van der Waals surface area contributed by atoms with Gasteiger partial charge in [0.2, 0.25) is 0 Å². The lowest BCUT2D eigenvalue weighted by atomic mass is 10.0. The van der Waals surface area contributed by atoms with Crippen molar-refractivity contribution in [3.8, 4) is 5.75 Å². The number of morpholine rings is 1. The van der Waals surface area contributed by atoms with Crippen molar-refractivity contribution in [2.24, 2.45) is 5.92 Å². The average molecular weight is 291 g/mol. The van der Waals surface area contributed by atoms with Gasteiger partial charge in [-0.1, -0.05) is 19.9 Å². The highest BCUT2D eigenvalue weighted by Crippen LogP contribution is 2.20. The summed E-state index contributed by atoms with van der Waals surface area (Å²) in [5.74, 6) is 1.37. The van der Waals surface area contributed by atoms with Crippen molar-refractivity contribution in [3.05, 3.63) is 29.8 Å². The SMILES string of the molecule is CCOc1cccc(C(=O)N2CCOC[C@@H]2CC(C)C)c1. The van der Waals surface area contributed by atoms with Crippen LogP contribution in [0.2, 0.25) is 0 Å². The van der Waals surface area contributed by atoms with Crippen LogP contribution in [-0.2, 0) is 4.74 Å². The molecule has 1 aliphatic rings. The summed E-state index contributed by atoms with van der Waals surface area (Å²) in [6, 6.07) is 7.60. The van der Waals surface area contributed by atoms with Crippen molar-refractivity contribution in [2.75, 3.05) is 26.4 Å². The summed E-state index contributed by atoms with van der Waals surface area (Å²) in [6.07, 6.45) is 0.969. The third-order valence-electron chi connectivity index (χ3n) is 3.62. The third-order valence-corrected chi connectivity index (χ3v) is 3.62. The van der Waals surface area contributed by atoms with E-state index in [9.17, 15) is 4.79 Å². The molecule has 1 heterocycles. The van der Waals surface area contributed by atoms with Gasteiger partial charge in [0, 0.05) is 12.1 Å². The predicted octanol–water partition coefficient (Wildman–Crippen LogP) is 2.97. The number of amides is 1. The van der Waals surface area contributed by atoms with E-state index in [1.165, 1.54) is 0 Å². The fourth-order valence-corrected chi connectivity index (χ4v) is 2.71. The Morgan fingerprint density at radius 1 is 1.48 bits per heavy atom. The van der Waals surface area contributed by atoms with Gasteiger partial charge < -0.3 is 14.4 Å². The Hall–Kier alpha value is -1.55. The molecule has 0 N–H and O–H groups in total. The Balaban J connectivity index is 2.14. The molecule has 1 amide bonds. The first-order chi connectivity index (χ1) is 10.1. The first-order valence-corrected chi connectivity index (χ1v) is 7.73. The normalized spacial score (nSPS) is 18.9. The number of ether oxygens (including phenoxy) is 2. The van der Waals surface area contributed by atoms with E-state index in [-0.39, 0.29) is 11.9 Å². The fraction of sp³-hybridized carbons (Fsp3) is 0.588. The zero-order valence-corrected chi connectivity index (χ0v) is 13.2. The monoisotopic (exact) mass is 291 g/mol. The maximum absolute atomic E-state index is 12.8. The molecular formula is C17H25NO3. The fourth-order valence-electron chi connectivity index (χ4n) is 2.71. The maximum Gasteiger partial charge on any atom is 0.254 e. The molecule has 0 radical (unpaired) electrons. The first-order valence-electron chi connectivity index (χ1n) is 7.73. The van der Waals surface area contributed by atoms with Gasteiger partial charge in [0.25, 0.3) is 5.91 Å². The van der Waals surface area contributed by atoms with Crippen molar-refractivity contribution < 1.29 is 14.3 Å². The van der Waals surface area contributed by atoms with Gasteiger partial charge in [-0.3, -0.25) is 4.79 Å². The molecule has 0 saturated carbocycles. The molecule has 0 aliphatic carbocycles. The summed E-state index contributed by atoms with van der Waals surface area (Å²) >= 11 is 0. The van der Waals surface area contributed by atoms with Gasteiger partial charge >= 0.3 is 0 Å². The number of rotatable bonds is 5. The molecule has 4 nitrogen and oxygen atoms in total. The Labute approximate surface area is 127 Å². The lowest BCUT2D eigenvalue weighted by molar-refractivity contribution is -0.00748. The topological polar surface area (TPSA) is 38.8 Å². The Morgan fingerprint density at radius 2 is 2.29 bits per heavy atom. The van der Waals surface area contributed by atoms with E-state index in [2.05, 4.69) is 13.8 Å². The van der Waals surface area contributed by atoms with Crippen LogP contribution in [0.1, 0.15) is 37.6 Å². The van der Waals surface area contributed by atoms with E-state index < -0.39 is 0 Å². The van der Waals surface area contributed by atoms with Crippen LogP contribution in [0.4, 0.5) is 0 Å². The smallest absolute Gasteiger partial charge is 0.254 e. The van der Waals surface area contributed by atoms with Crippen LogP contribution < -0.4 is 4.74 Å². The first kappa shape index (κ1) is 15.8. The van der Waals surface area contributed by atoms with Crippen molar-refractivity contribution >= 4 is 5.91 Å². The highest BCUT2D eigenvalue weighted by Gasteiger charge is 2.28. The van der Waals surface area contributed by atoms with Crippen molar-refractivity contribution in [3.63, 3.8) is 0 Å². The maximum atomic E-state index is 12.8. The van der Waals surface area contributed by atoms with Crippen molar-refractivity contribution in [1.82, 2.24) is 4.90 Å². The molecule has 1 atom stereocenters. The van der Waals surface area contributed by atoms with E-state index in [0.717, 1.165) is 12.2 Å². The predicted molar refractivity (Wildman–Crippen MR) is 82.7 cm³/mol. The van der Waals surface area contributed by atoms with E-state index in [4.69, 9.17) is 9.47 Å². The molecule has 2 rings (SSSR count). The molecule has 1 fully saturated rings. The number of carbonyl (C=O) groups is 1. The van der Waals surface area contributed by atoms with Gasteiger partial charge in [-0.05, 0) is 37.5 Å². The number of benzene rings is 1. The minimum Gasteiger partial charge on any atom is -0.494 e. The Morgan fingerprint density at radius 3 is 3.00 bits per heavy atom. The lowest BCUT2D eigenvalue weighted by Crippen LogP contribution is -2.49. The van der Waals surface area contributed by atoms with Crippen LogP contribution in [0.3, 0.4) is 0 Å². The van der Waals surface area contributed by atoms with E-state index in [1.807, 2.05) is 36.1 Å². The zero-order chi connectivity index (χ0) is 15.2. The van der Waals surface area contributed by atoms with Crippen LogP contribution in [0.5, 0.6) is 5.75 Å². The van der Waals surface area contributed by atoms with E-state index >= 15 is 0 Å². The summed E-state index contributed by atoms with van der Waals surface area (Å²) < 4.78 is 11.0. The van der Waals surface area contributed by atoms with Gasteiger partial charge in [0.05, 0.1) is 25.9 Å². The van der Waals surface area contributed by atoms with Crippen LogP contribution in [0.15, 0.2) is 24.3 Å². The molecule has 0 bridgehead atoms. The molecule has 1 aliphatic heterocycles. The molecule has 116 valence electrons. The second-order valence-electron chi connectivity index (χ2n) is 5.82. The minimum absolute atomic E-state index is 0.0745. The Bertz CT molecular complexity index is 473. The van der Waals surface area contributed by atoms with E-state index in [0.29, 0.717) is 37.8 Å². The van der Waals surface area contributed by atoms with Crippen LogP contribution in [0.25, 0.3) is 0 Å². The van der Waals surface area contributed by atoms with Crippen molar-refractivity contribution in [2.45, 2.75) is 33.2 Å². The summed E-state index contributed by atoms with van der Waals surface area (Å²) in [6.45, 7) is 8.80. The number of hydrogen-bond donors (Lipinski definition) is 0. The summed E-state index contributed by atoms with van der Waals surface area (Å²) in [5, 5.41) is 0. The van der Waals surface area contributed by atoms with Crippen LogP contribution in [-0.4, -0.2) is 43.2 Å². The standard InChI is InChI=1S/C17H25NO3/c1-4-21-16-7-5-6-14(11-16)17(19)18-8-9-20-12-15(18)10-13(2)3/h5-7,11,13,15H,4,8-10,12H2,1-3H3/t15-/m0/s1. The highest BCUT2D eigenvalue weighted by molar-refractivity contribution is 5.94. The van der Waals surface area contributed by atoms with E-state index in [1.54, 1.807) is 0 Å². The van der Waals surface area contributed by atoms with Crippen molar-refractivity contribution in [1.29, 1.82) is 0 Å². The quantitative estimate of drug-likeness (QED) is 0.837. The van der Waals surface area contributed by atoms with Gasteiger partial charge in [0.1, 0.15) is 5.75 Å². The average Bonchev–Trinajstić information content (AvgIpc) is 2.47. The largest absolute Gasteiger partial charge is 0.494 e. The molecule has 0 spiro atoms. The summed E-state index contributed by atoms with van der Waals surface area (Å²) in [5.41, 5.74) is 0.691. The number of carbonyl (C=O) groups excluding carboxylic acids is 1. The lowest BCUT2D eigenvalue weighted by Gasteiger charge is -2.36. The molecule has 0 aromatic heterocycles. The van der Waals surface area contributed by atoms with Crippen LogP contribution in [0, 0.1) is 5.92 Å². The molecule has 1 aromatic carbocycles. The second kappa shape index (κ2) is 7.46. The molecular weight excluding hydrogens is 266 g/mol. The molecule has 1 saturated heterocycles. The van der Waals surface area contributed by atoms with Gasteiger partial charge in [-0.15, -0.1) is 0 Å². The molecule has 21 heavy (non-hydrogen) atoms. The summed E-state index contributed by atoms with van der Waals surface area (Å²) in [7, 11) is 0. The highest BCUT2D eigenvalue weighted by atomic mass is 16.5. The molecule has 1 aromatic rings. The minimum atomic E-state index is 0.0745. The third kappa shape index (κ3) is 4.21. The molecule has 4 heteroatoms. The number of nitrogens with zero attached hydrogens (tertiary/aromatic N) is 1.